The highest BCUT2D eigenvalue weighted by Crippen LogP contribution is 2.27. The summed E-state index contributed by atoms with van der Waals surface area (Å²) in [5.74, 6) is 0.979. The number of hydrogen-bond donors (Lipinski definition) is 2. The second kappa shape index (κ2) is 11.4. The first kappa shape index (κ1) is 22.7. The molecule has 2 N–H and O–H groups in total. The zero-order valence-electron chi connectivity index (χ0n) is 18.1. The van der Waals surface area contributed by atoms with Gasteiger partial charge in [-0.1, -0.05) is 48.5 Å². The fourth-order valence-electron chi connectivity index (χ4n) is 3.04. The molecule has 3 rings (SSSR count). The van der Waals surface area contributed by atoms with E-state index in [1.54, 1.807) is 50.6 Å². The van der Waals surface area contributed by atoms with Crippen molar-refractivity contribution >= 4 is 11.8 Å². The summed E-state index contributed by atoms with van der Waals surface area (Å²) in [6, 6.07) is 21.9. The van der Waals surface area contributed by atoms with Crippen LogP contribution in [-0.4, -0.2) is 32.6 Å². The number of amides is 2. The topological polar surface area (TPSA) is 85.9 Å². The minimum Gasteiger partial charge on any atom is -0.493 e. The Labute approximate surface area is 187 Å². The maximum absolute atomic E-state index is 12.6. The molecule has 3 aromatic carbocycles. The monoisotopic (exact) mass is 434 g/mol. The molecule has 0 saturated carbocycles. The van der Waals surface area contributed by atoms with Gasteiger partial charge in [0, 0.05) is 13.1 Å². The van der Waals surface area contributed by atoms with Gasteiger partial charge >= 0.3 is 0 Å². The smallest absolute Gasteiger partial charge is 0.258 e. The van der Waals surface area contributed by atoms with Crippen LogP contribution in [0.15, 0.2) is 72.8 Å². The molecule has 7 heteroatoms. The molecule has 7 nitrogen and oxygen atoms in total. The van der Waals surface area contributed by atoms with Crippen LogP contribution >= 0.6 is 0 Å². The largest absolute Gasteiger partial charge is 0.493 e. The van der Waals surface area contributed by atoms with Crippen LogP contribution in [0, 0.1) is 0 Å². The first-order chi connectivity index (χ1) is 15.6. The van der Waals surface area contributed by atoms with Gasteiger partial charge in [0.2, 0.25) is 0 Å². The number of methoxy groups -OCH3 is 2. The molecule has 0 unspecified atom stereocenters. The third-order valence-corrected chi connectivity index (χ3v) is 4.72. The van der Waals surface area contributed by atoms with Crippen molar-refractivity contribution in [3.63, 3.8) is 0 Å². The molecule has 166 valence electrons. The SMILES string of the molecule is COc1ccc(CNC(=O)COc2ccccc2C(=O)NCc2ccccc2)cc1OC. The molecule has 0 aliphatic heterocycles. The molecule has 0 saturated heterocycles. The highest BCUT2D eigenvalue weighted by atomic mass is 16.5. The third kappa shape index (κ3) is 6.25. The van der Waals surface area contributed by atoms with Gasteiger partial charge in [-0.25, -0.2) is 0 Å². The number of carbonyl (C=O) groups is 2. The van der Waals surface area contributed by atoms with Gasteiger partial charge in [-0.05, 0) is 35.4 Å². The Bertz CT molecular complexity index is 1050. The van der Waals surface area contributed by atoms with E-state index in [2.05, 4.69) is 10.6 Å². The first-order valence-corrected chi connectivity index (χ1v) is 10.1. The van der Waals surface area contributed by atoms with Crippen molar-refractivity contribution in [2.45, 2.75) is 13.1 Å². The lowest BCUT2D eigenvalue weighted by atomic mass is 10.1. The predicted molar refractivity (Wildman–Crippen MR) is 121 cm³/mol. The van der Waals surface area contributed by atoms with Gasteiger partial charge in [0.05, 0.1) is 19.8 Å². The summed E-state index contributed by atoms with van der Waals surface area (Å²) in [5, 5.41) is 5.66. The Hall–Kier alpha value is -4.00. The second-order valence-electron chi connectivity index (χ2n) is 6.92. The van der Waals surface area contributed by atoms with Crippen molar-refractivity contribution in [1.29, 1.82) is 0 Å². The maximum Gasteiger partial charge on any atom is 0.258 e. The summed E-state index contributed by atoms with van der Waals surface area (Å²) >= 11 is 0. The van der Waals surface area contributed by atoms with E-state index in [-0.39, 0.29) is 18.4 Å². The van der Waals surface area contributed by atoms with Crippen molar-refractivity contribution in [2.75, 3.05) is 20.8 Å². The van der Waals surface area contributed by atoms with E-state index < -0.39 is 0 Å². The molecule has 0 heterocycles. The average Bonchev–Trinajstić information content (AvgIpc) is 2.85. The van der Waals surface area contributed by atoms with Gasteiger partial charge in [0.25, 0.3) is 11.8 Å². The molecule has 32 heavy (non-hydrogen) atoms. The number of para-hydroxylation sites is 1. The van der Waals surface area contributed by atoms with Gasteiger partial charge in [-0.3, -0.25) is 9.59 Å². The summed E-state index contributed by atoms with van der Waals surface area (Å²) in [5.41, 5.74) is 2.22. The predicted octanol–water partition coefficient (Wildman–Crippen LogP) is 3.33. The molecule has 3 aromatic rings. The number of rotatable bonds is 10. The van der Waals surface area contributed by atoms with Crippen LogP contribution in [0.2, 0.25) is 0 Å². The van der Waals surface area contributed by atoms with Crippen LogP contribution in [-0.2, 0) is 17.9 Å². The van der Waals surface area contributed by atoms with Crippen LogP contribution < -0.4 is 24.8 Å². The van der Waals surface area contributed by atoms with Gasteiger partial charge in [0.1, 0.15) is 5.75 Å². The normalized spacial score (nSPS) is 10.2. The minimum absolute atomic E-state index is 0.212. The van der Waals surface area contributed by atoms with Crippen molar-refractivity contribution in [3.05, 3.63) is 89.5 Å². The fraction of sp³-hybridized carbons (Fsp3) is 0.200. The number of ether oxygens (including phenoxy) is 3. The zero-order chi connectivity index (χ0) is 22.8. The second-order valence-corrected chi connectivity index (χ2v) is 6.92. The van der Waals surface area contributed by atoms with Crippen LogP contribution in [0.4, 0.5) is 0 Å². The lowest BCUT2D eigenvalue weighted by Gasteiger charge is -2.13. The number of hydrogen-bond acceptors (Lipinski definition) is 5. The Morgan fingerprint density at radius 3 is 2.16 bits per heavy atom. The van der Waals surface area contributed by atoms with E-state index in [4.69, 9.17) is 14.2 Å². The van der Waals surface area contributed by atoms with E-state index in [1.807, 2.05) is 36.4 Å². The molecular weight excluding hydrogens is 408 g/mol. The summed E-state index contributed by atoms with van der Waals surface area (Å²) in [6.45, 7) is 0.498. The van der Waals surface area contributed by atoms with Gasteiger partial charge in [0.15, 0.2) is 18.1 Å². The number of benzene rings is 3. The number of carbonyl (C=O) groups excluding carboxylic acids is 2. The Morgan fingerprint density at radius 2 is 1.41 bits per heavy atom. The summed E-state index contributed by atoms with van der Waals surface area (Å²) in [4.78, 5) is 24.9. The lowest BCUT2D eigenvalue weighted by Crippen LogP contribution is -2.29. The molecule has 0 bridgehead atoms. The maximum atomic E-state index is 12.6. The van der Waals surface area contributed by atoms with E-state index in [1.165, 1.54) is 0 Å². The quantitative estimate of drug-likeness (QED) is 0.511. The summed E-state index contributed by atoms with van der Waals surface area (Å²) < 4.78 is 16.1. The molecule has 0 aliphatic carbocycles. The standard InChI is InChI=1S/C25H26N2O5/c1-30-22-13-12-19(14-23(22)31-2)16-26-24(28)17-32-21-11-7-6-10-20(21)25(29)27-15-18-8-4-3-5-9-18/h3-14H,15-17H2,1-2H3,(H,26,28)(H,27,29). The molecule has 0 fully saturated rings. The molecule has 0 aliphatic rings. The molecule has 0 aromatic heterocycles. The molecule has 0 spiro atoms. The molecule has 0 atom stereocenters. The lowest BCUT2D eigenvalue weighted by molar-refractivity contribution is -0.123. The van der Waals surface area contributed by atoms with Crippen molar-refractivity contribution < 1.29 is 23.8 Å². The van der Waals surface area contributed by atoms with Crippen molar-refractivity contribution in [1.82, 2.24) is 10.6 Å². The molecule has 2 amide bonds. The highest BCUT2D eigenvalue weighted by molar-refractivity contribution is 5.97. The Balaban J connectivity index is 1.53. The first-order valence-electron chi connectivity index (χ1n) is 10.1. The fourth-order valence-corrected chi connectivity index (χ4v) is 3.04. The van der Waals surface area contributed by atoms with Gasteiger partial charge in [-0.15, -0.1) is 0 Å². The summed E-state index contributed by atoms with van der Waals surface area (Å²) in [7, 11) is 3.12. The number of nitrogens with one attached hydrogen (secondary N) is 2. The zero-order valence-corrected chi connectivity index (χ0v) is 18.1. The van der Waals surface area contributed by atoms with E-state index in [0.717, 1.165) is 11.1 Å². The molecular formula is C25H26N2O5. The summed E-state index contributed by atoms with van der Waals surface area (Å²) in [6.07, 6.45) is 0. The Kier molecular flexibility index (Phi) is 8.09. The minimum atomic E-state index is -0.306. The van der Waals surface area contributed by atoms with E-state index in [0.29, 0.717) is 35.9 Å². The Morgan fingerprint density at radius 1 is 0.719 bits per heavy atom. The van der Waals surface area contributed by atoms with Crippen LogP contribution in [0.25, 0.3) is 0 Å². The van der Waals surface area contributed by atoms with E-state index >= 15 is 0 Å². The van der Waals surface area contributed by atoms with Crippen LogP contribution in [0.1, 0.15) is 21.5 Å². The van der Waals surface area contributed by atoms with Crippen molar-refractivity contribution in [3.8, 4) is 17.2 Å². The third-order valence-electron chi connectivity index (χ3n) is 4.72. The molecule has 0 radical (unpaired) electrons. The van der Waals surface area contributed by atoms with Gasteiger partial charge in [-0.2, -0.15) is 0 Å². The van der Waals surface area contributed by atoms with Crippen molar-refractivity contribution in [2.24, 2.45) is 0 Å². The highest BCUT2D eigenvalue weighted by Gasteiger charge is 2.13. The van der Waals surface area contributed by atoms with Crippen LogP contribution in [0.5, 0.6) is 17.2 Å². The van der Waals surface area contributed by atoms with E-state index in [9.17, 15) is 9.59 Å². The van der Waals surface area contributed by atoms with Crippen LogP contribution in [0.3, 0.4) is 0 Å². The van der Waals surface area contributed by atoms with Gasteiger partial charge < -0.3 is 24.8 Å². The average molecular weight is 434 g/mol.